The van der Waals surface area contributed by atoms with Gasteiger partial charge in [0.15, 0.2) is 0 Å². The Morgan fingerprint density at radius 2 is 1.19 bits per heavy atom. The molecule has 2 nitrogen and oxygen atoms in total. The van der Waals surface area contributed by atoms with Crippen molar-refractivity contribution in [2.75, 3.05) is 5.73 Å². The van der Waals surface area contributed by atoms with Gasteiger partial charge in [-0.25, -0.2) is 0 Å². The van der Waals surface area contributed by atoms with E-state index in [2.05, 4.69) is 62.2 Å². The topological polar surface area (TPSA) is 38.4 Å². The molecule has 0 spiro atoms. The first-order chi connectivity index (χ1) is 10.5. The SMILES string of the molecule is C.C.C.C.CC(C)c1ccccc1N.CC(C)c1ccccc1N=C=S. The van der Waals surface area contributed by atoms with E-state index < -0.39 is 0 Å². The van der Waals surface area contributed by atoms with Crippen molar-refractivity contribution in [3.8, 4) is 0 Å². The van der Waals surface area contributed by atoms with Crippen LogP contribution in [0.3, 0.4) is 0 Å². The summed E-state index contributed by atoms with van der Waals surface area (Å²) in [6.45, 7) is 8.56. The average Bonchev–Trinajstić information content (AvgIpc) is 2.49. The van der Waals surface area contributed by atoms with E-state index in [1.165, 1.54) is 11.1 Å². The summed E-state index contributed by atoms with van der Waals surface area (Å²) in [5.41, 5.74) is 10.0. The van der Waals surface area contributed by atoms with E-state index in [-0.39, 0.29) is 29.7 Å². The third-order valence-corrected chi connectivity index (χ3v) is 3.43. The monoisotopic (exact) mass is 376 g/mol. The zero-order valence-electron chi connectivity index (χ0n) is 13.7. The summed E-state index contributed by atoms with van der Waals surface area (Å²) < 4.78 is 0. The molecule has 0 heterocycles. The largest absolute Gasteiger partial charge is 0.398 e. The normalized spacial score (nSPS) is 8.38. The first-order valence-electron chi connectivity index (χ1n) is 7.48. The summed E-state index contributed by atoms with van der Waals surface area (Å²) in [7, 11) is 0. The number of nitrogens with two attached hydrogens (primary N) is 1. The minimum absolute atomic E-state index is 0. The van der Waals surface area contributed by atoms with Gasteiger partial charge >= 0.3 is 0 Å². The Morgan fingerprint density at radius 1 is 0.769 bits per heavy atom. The highest BCUT2D eigenvalue weighted by atomic mass is 32.1. The smallest absolute Gasteiger partial charge is 0.0774 e. The van der Waals surface area contributed by atoms with Gasteiger partial charge in [-0.2, -0.15) is 4.99 Å². The maximum absolute atomic E-state index is 5.72. The highest BCUT2D eigenvalue weighted by Gasteiger charge is 2.03. The molecule has 2 aromatic rings. The Hall–Kier alpha value is -1.96. The van der Waals surface area contributed by atoms with Gasteiger partial charge in [0.25, 0.3) is 0 Å². The van der Waals surface area contributed by atoms with Gasteiger partial charge in [-0.3, -0.25) is 0 Å². The van der Waals surface area contributed by atoms with Crippen molar-refractivity contribution in [3.05, 3.63) is 59.7 Å². The summed E-state index contributed by atoms with van der Waals surface area (Å²) in [5, 5.41) is 2.39. The third kappa shape index (κ3) is 10.1. The first-order valence-corrected chi connectivity index (χ1v) is 7.89. The molecule has 0 saturated heterocycles. The van der Waals surface area contributed by atoms with Crippen LogP contribution in [0.2, 0.25) is 0 Å². The molecule has 0 aromatic heterocycles. The van der Waals surface area contributed by atoms with Crippen LogP contribution in [0.1, 0.15) is 80.4 Å². The molecule has 0 aliphatic carbocycles. The van der Waals surface area contributed by atoms with E-state index in [1.54, 1.807) is 0 Å². The molecule has 2 N–H and O–H groups in total. The highest BCUT2D eigenvalue weighted by molar-refractivity contribution is 7.78. The van der Waals surface area contributed by atoms with Crippen LogP contribution < -0.4 is 5.73 Å². The molecule has 0 unspecified atom stereocenters. The molecule has 2 rings (SSSR count). The Kier molecular flexibility index (Phi) is 20.2. The van der Waals surface area contributed by atoms with Crippen molar-refractivity contribution >= 4 is 28.8 Å². The molecule has 0 radical (unpaired) electrons. The van der Waals surface area contributed by atoms with Crippen molar-refractivity contribution in [1.82, 2.24) is 0 Å². The second-order valence-electron chi connectivity index (χ2n) is 5.70. The van der Waals surface area contributed by atoms with Gasteiger partial charge < -0.3 is 5.73 Å². The molecule has 26 heavy (non-hydrogen) atoms. The summed E-state index contributed by atoms with van der Waals surface area (Å²) in [4.78, 5) is 3.99. The van der Waals surface area contributed by atoms with E-state index in [1.807, 2.05) is 36.4 Å². The van der Waals surface area contributed by atoms with Crippen molar-refractivity contribution in [1.29, 1.82) is 0 Å². The number of para-hydroxylation sites is 2. The van der Waals surface area contributed by atoms with Crippen molar-refractivity contribution < 1.29 is 0 Å². The Balaban J connectivity index is -0.000000163. The van der Waals surface area contributed by atoms with Crippen LogP contribution in [0.4, 0.5) is 11.4 Å². The molecule has 0 aliphatic rings. The number of benzene rings is 2. The molecule has 3 heteroatoms. The molecular weight excluding hydrogens is 336 g/mol. The number of anilines is 1. The van der Waals surface area contributed by atoms with Gasteiger partial charge in [0.05, 0.1) is 10.8 Å². The second-order valence-corrected chi connectivity index (χ2v) is 5.88. The fraction of sp³-hybridized carbons (Fsp3) is 0.435. The lowest BCUT2D eigenvalue weighted by molar-refractivity contribution is 0.867. The van der Waals surface area contributed by atoms with Crippen LogP contribution in [0.25, 0.3) is 0 Å². The van der Waals surface area contributed by atoms with Gasteiger partial charge in [-0.15, -0.1) is 0 Å². The van der Waals surface area contributed by atoms with E-state index in [9.17, 15) is 0 Å². The number of hydrogen-bond acceptors (Lipinski definition) is 3. The molecule has 0 fully saturated rings. The molecule has 0 saturated carbocycles. The number of hydrogen-bond donors (Lipinski definition) is 1. The van der Waals surface area contributed by atoms with E-state index in [0.717, 1.165) is 11.4 Å². The number of aliphatic imine (C=N–C) groups is 1. The molecule has 0 amide bonds. The van der Waals surface area contributed by atoms with Gasteiger partial charge in [0.1, 0.15) is 0 Å². The third-order valence-electron chi connectivity index (χ3n) is 3.34. The number of thiocarbonyl (C=S) groups is 1. The van der Waals surface area contributed by atoms with Crippen LogP contribution in [0.5, 0.6) is 0 Å². The lowest BCUT2D eigenvalue weighted by atomic mass is 10.0. The Morgan fingerprint density at radius 3 is 1.58 bits per heavy atom. The first kappa shape index (κ1) is 31.8. The number of rotatable bonds is 3. The summed E-state index contributed by atoms with van der Waals surface area (Å²) in [6.07, 6.45) is 0. The lowest BCUT2D eigenvalue weighted by Crippen LogP contribution is -1.94. The van der Waals surface area contributed by atoms with Crippen molar-refractivity contribution in [3.63, 3.8) is 0 Å². The maximum atomic E-state index is 5.72. The summed E-state index contributed by atoms with van der Waals surface area (Å²) in [6, 6.07) is 16.0. The fourth-order valence-electron chi connectivity index (χ4n) is 2.16. The lowest BCUT2D eigenvalue weighted by Gasteiger charge is -2.07. The van der Waals surface area contributed by atoms with Gasteiger partial charge in [-0.05, 0) is 47.3 Å². The molecule has 2 aromatic carbocycles. The predicted octanol–water partition coefficient (Wildman–Crippen LogP) is 8.48. The zero-order chi connectivity index (χ0) is 16.5. The molecular formula is C23H40N2S. The molecule has 148 valence electrons. The van der Waals surface area contributed by atoms with Crippen LogP contribution in [-0.2, 0) is 0 Å². The van der Waals surface area contributed by atoms with Crippen LogP contribution >= 0.6 is 12.2 Å². The standard InChI is InChI=1S/C10H11NS.C9H13N.4CH4/c1-8(2)9-5-3-4-6-10(9)11-7-12;1-7(2)8-5-3-4-6-9(8)10;;;;/h3-6,8H,1-2H3;3-7H,10H2,1-2H3;4*1H4. The van der Waals surface area contributed by atoms with E-state index >= 15 is 0 Å². The van der Waals surface area contributed by atoms with Crippen molar-refractivity contribution in [2.24, 2.45) is 4.99 Å². The summed E-state index contributed by atoms with van der Waals surface area (Å²) >= 11 is 4.56. The Labute approximate surface area is 168 Å². The minimum atomic E-state index is 0. The number of isothiocyanates is 1. The van der Waals surface area contributed by atoms with Gasteiger partial charge in [0, 0.05) is 5.69 Å². The Bertz CT molecular complexity index is 642. The maximum Gasteiger partial charge on any atom is 0.0774 e. The number of nitrogen functional groups attached to an aromatic ring is 1. The predicted molar refractivity (Wildman–Crippen MR) is 127 cm³/mol. The minimum Gasteiger partial charge on any atom is -0.398 e. The van der Waals surface area contributed by atoms with E-state index in [4.69, 9.17) is 5.73 Å². The summed E-state index contributed by atoms with van der Waals surface area (Å²) in [5.74, 6) is 1.01. The second kappa shape index (κ2) is 16.5. The molecule has 0 aliphatic heterocycles. The van der Waals surface area contributed by atoms with E-state index in [0.29, 0.717) is 11.8 Å². The van der Waals surface area contributed by atoms with Gasteiger partial charge in [0.2, 0.25) is 0 Å². The molecule has 0 bridgehead atoms. The zero-order valence-corrected chi connectivity index (χ0v) is 14.5. The average molecular weight is 377 g/mol. The quantitative estimate of drug-likeness (QED) is 0.331. The highest BCUT2D eigenvalue weighted by Crippen LogP contribution is 2.25. The van der Waals surface area contributed by atoms with Crippen LogP contribution in [0.15, 0.2) is 53.5 Å². The van der Waals surface area contributed by atoms with Crippen LogP contribution in [0, 0.1) is 0 Å². The van der Waals surface area contributed by atoms with Crippen molar-refractivity contribution in [2.45, 2.75) is 69.2 Å². The van der Waals surface area contributed by atoms with Gasteiger partial charge in [-0.1, -0.05) is 93.8 Å². The number of nitrogens with zero attached hydrogens (tertiary/aromatic N) is 1. The fourth-order valence-corrected chi connectivity index (χ4v) is 2.26. The molecule has 0 atom stereocenters. The van der Waals surface area contributed by atoms with Crippen LogP contribution in [-0.4, -0.2) is 5.16 Å².